The Balaban J connectivity index is 1.94. The van der Waals surface area contributed by atoms with Crippen molar-refractivity contribution in [1.29, 1.82) is 0 Å². The van der Waals surface area contributed by atoms with Crippen molar-refractivity contribution in [2.24, 2.45) is 11.8 Å². The van der Waals surface area contributed by atoms with Gasteiger partial charge in [-0.3, -0.25) is 9.59 Å². The third kappa shape index (κ3) is 4.42. The summed E-state index contributed by atoms with van der Waals surface area (Å²) in [4.78, 5) is 26.6. The van der Waals surface area contributed by atoms with Crippen LogP contribution in [0, 0.1) is 11.8 Å². The molecule has 1 aromatic rings. The molecule has 1 heterocycles. The van der Waals surface area contributed by atoms with E-state index in [1.54, 1.807) is 23.1 Å². The highest BCUT2D eigenvalue weighted by molar-refractivity contribution is 6.43. The number of rotatable bonds is 4. The first-order valence-corrected chi connectivity index (χ1v) is 9.10. The van der Waals surface area contributed by atoms with Gasteiger partial charge in [0.1, 0.15) is 0 Å². The SMILES string of the molecule is CC(C)C(C)NC(=O)C1CCN(C(=O)c2cccc(Cl)c2Cl)CC1. The number of nitrogens with zero attached hydrogens (tertiary/aromatic N) is 1. The summed E-state index contributed by atoms with van der Waals surface area (Å²) in [6.07, 6.45) is 1.33. The Morgan fingerprint density at radius 2 is 1.79 bits per heavy atom. The molecule has 0 saturated carbocycles. The van der Waals surface area contributed by atoms with E-state index in [0.717, 1.165) is 0 Å². The molecule has 2 amide bonds. The number of benzene rings is 1. The molecular formula is C18H24Cl2N2O2. The fourth-order valence-corrected chi connectivity index (χ4v) is 3.07. The first kappa shape index (κ1) is 19.1. The summed E-state index contributed by atoms with van der Waals surface area (Å²) in [5, 5.41) is 3.72. The number of amides is 2. The predicted molar refractivity (Wildman–Crippen MR) is 97.5 cm³/mol. The van der Waals surface area contributed by atoms with Gasteiger partial charge in [0.15, 0.2) is 0 Å². The van der Waals surface area contributed by atoms with E-state index in [9.17, 15) is 9.59 Å². The van der Waals surface area contributed by atoms with Gasteiger partial charge in [-0.1, -0.05) is 43.1 Å². The van der Waals surface area contributed by atoms with Crippen LogP contribution >= 0.6 is 23.2 Å². The van der Waals surface area contributed by atoms with Gasteiger partial charge in [0.2, 0.25) is 5.91 Å². The molecule has 4 nitrogen and oxygen atoms in total. The van der Waals surface area contributed by atoms with Crippen molar-refractivity contribution in [3.8, 4) is 0 Å². The van der Waals surface area contributed by atoms with E-state index < -0.39 is 0 Å². The van der Waals surface area contributed by atoms with Crippen LogP contribution in [-0.4, -0.2) is 35.8 Å². The molecule has 1 fully saturated rings. The van der Waals surface area contributed by atoms with Crippen molar-refractivity contribution < 1.29 is 9.59 Å². The monoisotopic (exact) mass is 370 g/mol. The lowest BCUT2D eigenvalue weighted by Crippen LogP contribution is -2.45. The molecule has 132 valence electrons. The zero-order chi connectivity index (χ0) is 17.9. The zero-order valence-electron chi connectivity index (χ0n) is 14.3. The van der Waals surface area contributed by atoms with Crippen LogP contribution in [-0.2, 0) is 4.79 Å². The molecule has 2 rings (SSSR count). The van der Waals surface area contributed by atoms with Gasteiger partial charge in [-0.15, -0.1) is 0 Å². The largest absolute Gasteiger partial charge is 0.353 e. The topological polar surface area (TPSA) is 49.4 Å². The van der Waals surface area contributed by atoms with Crippen molar-refractivity contribution in [3.63, 3.8) is 0 Å². The standard InChI is InChI=1S/C18H24Cl2N2O2/c1-11(2)12(3)21-17(23)13-7-9-22(10-8-13)18(24)14-5-4-6-15(19)16(14)20/h4-6,11-13H,7-10H2,1-3H3,(H,21,23). The number of hydrogen-bond donors (Lipinski definition) is 1. The third-order valence-electron chi connectivity index (χ3n) is 4.70. The van der Waals surface area contributed by atoms with E-state index in [0.29, 0.717) is 42.4 Å². The summed E-state index contributed by atoms with van der Waals surface area (Å²) in [6.45, 7) is 7.29. The van der Waals surface area contributed by atoms with Crippen LogP contribution in [0.5, 0.6) is 0 Å². The maximum atomic E-state index is 12.6. The van der Waals surface area contributed by atoms with E-state index in [-0.39, 0.29) is 28.8 Å². The number of likely N-dealkylation sites (tertiary alicyclic amines) is 1. The van der Waals surface area contributed by atoms with Gasteiger partial charge in [-0.05, 0) is 37.8 Å². The summed E-state index contributed by atoms with van der Waals surface area (Å²) in [5.41, 5.74) is 0.417. The summed E-state index contributed by atoms with van der Waals surface area (Å²) >= 11 is 12.1. The normalized spacial score (nSPS) is 17.0. The molecule has 0 aromatic heterocycles. The second-order valence-corrected chi connectivity index (χ2v) is 7.49. The molecule has 0 aliphatic carbocycles. The quantitative estimate of drug-likeness (QED) is 0.870. The number of nitrogens with one attached hydrogen (secondary N) is 1. The number of carbonyl (C=O) groups is 2. The van der Waals surface area contributed by atoms with Crippen molar-refractivity contribution in [2.75, 3.05) is 13.1 Å². The van der Waals surface area contributed by atoms with E-state index >= 15 is 0 Å². The van der Waals surface area contributed by atoms with Crippen LogP contribution in [0.2, 0.25) is 10.0 Å². The minimum absolute atomic E-state index is 0.0370. The lowest BCUT2D eigenvalue weighted by atomic mass is 9.94. The molecule has 1 atom stereocenters. The molecule has 6 heteroatoms. The van der Waals surface area contributed by atoms with E-state index in [1.807, 2.05) is 6.92 Å². The highest BCUT2D eigenvalue weighted by Gasteiger charge is 2.29. The molecule has 1 aliphatic heterocycles. The number of piperidine rings is 1. The Morgan fingerprint density at radius 1 is 1.17 bits per heavy atom. The Bertz CT molecular complexity index is 611. The van der Waals surface area contributed by atoms with Crippen molar-refractivity contribution in [1.82, 2.24) is 10.2 Å². The van der Waals surface area contributed by atoms with Crippen molar-refractivity contribution in [3.05, 3.63) is 33.8 Å². The van der Waals surface area contributed by atoms with Gasteiger partial charge >= 0.3 is 0 Å². The van der Waals surface area contributed by atoms with Crippen LogP contribution in [0.4, 0.5) is 0 Å². The van der Waals surface area contributed by atoms with Crippen LogP contribution in [0.15, 0.2) is 18.2 Å². The van der Waals surface area contributed by atoms with Crippen LogP contribution in [0.25, 0.3) is 0 Å². The fourth-order valence-electron chi connectivity index (χ4n) is 2.69. The number of halogens is 2. The molecule has 1 aliphatic rings. The van der Waals surface area contributed by atoms with Gasteiger partial charge in [-0.2, -0.15) is 0 Å². The van der Waals surface area contributed by atoms with Gasteiger partial charge < -0.3 is 10.2 Å². The zero-order valence-corrected chi connectivity index (χ0v) is 15.8. The summed E-state index contributed by atoms with van der Waals surface area (Å²) < 4.78 is 0. The molecule has 1 unspecified atom stereocenters. The van der Waals surface area contributed by atoms with Gasteiger partial charge in [0, 0.05) is 25.0 Å². The third-order valence-corrected chi connectivity index (χ3v) is 5.52. The fraction of sp³-hybridized carbons (Fsp3) is 0.556. The predicted octanol–water partition coefficient (Wildman–Crippen LogP) is 4.01. The first-order valence-electron chi connectivity index (χ1n) is 8.35. The van der Waals surface area contributed by atoms with Crippen LogP contribution in [0.1, 0.15) is 44.0 Å². The van der Waals surface area contributed by atoms with E-state index in [2.05, 4.69) is 19.2 Å². The maximum absolute atomic E-state index is 12.6. The summed E-state index contributed by atoms with van der Waals surface area (Å²) in [6, 6.07) is 5.21. The summed E-state index contributed by atoms with van der Waals surface area (Å²) in [5.74, 6) is 0.326. The average molecular weight is 371 g/mol. The first-order chi connectivity index (χ1) is 11.3. The van der Waals surface area contributed by atoms with Crippen molar-refractivity contribution in [2.45, 2.75) is 39.7 Å². The Hall–Kier alpha value is -1.26. The highest BCUT2D eigenvalue weighted by Crippen LogP contribution is 2.28. The maximum Gasteiger partial charge on any atom is 0.255 e. The van der Waals surface area contributed by atoms with Gasteiger partial charge in [0.25, 0.3) is 5.91 Å². The Labute approximate surface area is 153 Å². The molecule has 24 heavy (non-hydrogen) atoms. The molecule has 1 saturated heterocycles. The Morgan fingerprint density at radius 3 is 2.38 bits per heavy atom. The van der Waals surface area contributed by atoms with E-state index in [1.165, 1.54) is 0 Å². The van der Waals surface area contributed by atoms with Gasteiger partial charge in [0.05, 0.1) is 15.6 Å². The minimum Gasteiger partial charge on any atom is -0.353 e. The summed E-state index contributed by atoms with van der Waals surface area (Å²) in [7, 11) is 0. The lowest BCUT2D eigenvalue weighted by Gasteiger charge is -2.32. The van der Waals surface area contributed by atoms with E-state index in [4.69, 9.17) is 23.2 Å². The lowest BCUT2D eigenvalue weighted by molar-refractivity contribution is -0.127. The Kier molecular flexibility index (Phi) is 6.53. The highest BCUT2D eigenvalue weighted by atomic mass is 35.5. The average Bonchev–Trinajstić information content (AvgIpc) is 2.56. The second kappa shape index (κ2) is 8.21. The molecular weight excluding hydrogens is 347 g/mol. The second-order valence-electron chi connectivity index (χ2n) is 6.71. The molecule has 1 aromatic carbocycles. The van der Waals surface area contributed by atoms with Crippen LogP contribution < -0.4 is 5.32 Å². The van der Waals surface area contributed by atoms with Gasteiger partial charge in [-0.25, -0.2) is 0 Å². The molecule has 0 radical (unpaired) electrons. The molecule has 1 N–H and O–H groups in total. The molecule has 0 bridgehead atoms. The molecule has 0 spiro atoms. The van der Waals surface area contributed by atoms with Crippen LogP contribution in [0.3, 0.4) is 0 Å². The minimum atomic E-state index is -0.128. The smallest absolute Gasteiger partial charge is 0.255 e. The number of carbonyl (C=O) groups excluding carboxylic acids is 2. The number of hydrogen-bond acceptors (Lipinski definition) is 2. The van der Waals surface area contributed by atoms with Crippen molar-refractivity contribution >= 4 is 35.0 Å².